The number of aryl methyl sites for hydroxylation is 1. The SMILES string of the molecule is C[C@@H](CCc1ccccc1)NC(=O)Cc1ccc(Cl)cc1Cl. The first-order valence-electron chi connectivity index (χ1n) is 7.32. The Morgan fingerprint density at radius 2 is 1.86 bits per heavy atom. The van der Waals surface area contributed by atoms with Crippen molar-refractivity contribution in [2.75, 3.05) is 0 Å². The van der Waals surface area contributed by atoms with E-state index in [1.807, 2.05) is 25.1 Å². The van der Waals surface area contributed by atoms with Gasteiger partial charge in [0.25, 0.3) is 0 Å². The molecule has 4 heteroatoms. The van der Waals surface area contributed by atoms with E-state index in [-0.39, 0.29) is 18.4 Å². The fraction of sp³-hybridized carbons (Fsp3) is 0.278. The molecule has 2 rings (SSSR count). The smallest absolute Gasteiger partial charge is 0.224 e. The Kier molecular flexibility index (Phi) is 6.29. The first-order valence-corrected chi connectivity index (χ1v) is 8.07. The molecule has 0 radical (unpaired) electrons. The lowest BCUT2D eigenvalue weighted by atomic mass is 10.1. The quantitative estimate of drug-likeness (QED) is 0.816. The predicted molar refractivity (Wildman–Crippen MR) is 92.5 cm³/mol. The Morgan fingerprint density at radius 1 is 1.14 bits per heavy atom. The highest BCUT2D eigenvalue weighted by molar-refractivity contribution is 6.35. The number of hydrogen-bond acceptors (Lipinski definition) is 1. The van der Waals surface area contributed by atoms with E-state index in [0.717, 1.165) is 18.4 Å². The monoisotopic (exact) mass is 335 g/mol. The molecule has 0 unspecified atom stereocenters. The molecular weight excluding hydrogens is 317 g/mol. The zero-order valence-electron chi connectivity index (χ0n) is 12.5. The molecule has 0 spiro atoms. The van der Waals surface area contributed by atoms with E-state index in [9.17, 15) is 4.79 Å². The van der Waals surface area contributed by atoms with Crippen molar-refractivity contribution in [1.29, 1.82) is 0 Å². The van der Waals surface area contributed by atoms with Gasteiger partial charge in [-0.2, -0.15) is 0 Å². The van der Waals surface area contributed by atoms with Gasteiger partial charge in [0.1, 0.15) is 0 Å². The molecule has 2 aromatic rings. The van der Waals surface area contributed by atoms with E-state index in [1.54, 1.807) is 18.2 Å². The number of carbonyl (C=O) groups excluding carboxylic acids is 1. The van der Waals surface area contributed by atoms with Crippen LogP contribution in [-0.2, 0) is 17.6 Å². The number of rotatable bonds is 6. The minimum absolute atomic E-state index is 0.0233. The summed E-state index contributed by atoms with van der Waals surface area (Å²) in [6.07, 6.45) is 2.12. The summed E-state index contributed by atoms with van der Waals surface area (Å²) in [6, 6.07) is 15.6. The van der Waals surface area contributed by atoms with E-state index >= 15 is 0 Å². The fourth-order valence-electron chi connectivity index (χ4n) is 2.26. The molecule has 0 aliphatic carbocycles. The second-order valence-electron chi connectivity index (χ2n) is 5.41. The van der Waals surface area contributed by atoms with Gasteiger partial charge in [0.15, 0.2) is 0 Å². The van der Waals surface area contributed by atoms with Crippen molar-refractivity contribution in [3.8, 4) is 0 Å². The third-order valence-corrected chi connectivity index (χ3v) is 4.07. The molecular formula is C18H19Cl2NO. The molecule has 0 fully saturated rings. The molecule has 116 valence electrons. The lowest BCUT2D eigenvalue weighted by Crippen LogP contribution is -2.34. The van der Waals surface area contributed by atoms with Crippen molar-refractivity contribution in [3.63, 3.8) is 0 Å². The number of carbonyl (C=O) groups is 1. The maximum absolute atomic E-state index is 12.1. The van der Waals surface area contributed by atoms with Crippen LogP contribution >= 0.6 is 23.2 Å². The van der Waals surface area contributed by atoms with Crippen LogP contribution in [0, 0.1) is 0 Å². The molecule has 0 aliphatic heterocycles. The van der Waals surface area contributed by atoms with Gasteiger partial charge in [0.05, 0.1) is 6.42 Å². The maximum Gasteiger partial charge on any atom is 0.224 e. The number of hydrogen-bond donors (Lipinski definition) is 1. The third-order valence-electron chi connectivity index (χ3n) is 3.48. The van der Waals surface area contributed by atoms with Crippen LogP contribution in [-0.4, -0.2) is 11.9 Å². The first kappa shape index (κ1) is 16.9. The highest BCUT2D eigenvalue weighted by atomic mass is 35.5. The Hall–Kier alpha value is -1.51. The second-order valence-corrected chi connectivity index (χ2v) is 6.25. The summed E-state index contributed by atoms with van der Waals surface area (Å²) in [7, 11) is 0. The number of nitrogens with one attached hydrogen (secondary N) is 1. The van der Waals surface area contributed by atoms with Crippen LogP contribution < -0.4 is 5.32 Å². The van der Waals surface area contributed by atoms with Gasteiger partial charge < -0.3 is 5.32 Å². The van der Waals surface area contributed by atoms with Gasteiger partial charge in [-0.25, -0.2) is 0 Å². The summed E-state index contributed by atoms with van der Waals surface area (Å²) >= 11 is 11.9. The molecule has 22 heavy (non-hydrogen) atoms. The standard InChI is InChI=1S/C18H19Cl2NO/c1-13(7-8-14-5-3-2-4-6-14)21-18(22)11-15-9-10-16(19)12-17(15)20/h2-6,9-10,12-13H,7-8,11H2,1H3,(H,21,22)/t13-/m0/s1. The molecule has 0 heterocycles. The average molecular weight is 336 g/mol. The van der Waals surface area contributed by atoms with Crippen LogP contribution in [0.3, 0.4) is 0 Å². The summed E-state index contributed by atoms with van der Waals surface area (Å²) in [5.41, 5.74) is 2.07. The van der Waals surface area contributed by atoms with Crippen molar-refractivity contribution in [3.05, 3.63) is 69.7 Å². The Labute approximate surface area is 141 Å². The van der Waals surface area contributed by atoms with Crippen LogP contribution in [0.4, 0.5) is 0 Å². The largest absolute Gasteiger partial charge is 0.353 e. The lowest BCUT2D eigenvalue weighted by molar-refractivity contribution is -0.121. The van der Waals surface area contributed by atoms with E-state index < -0.39 is 0 Å². The van der Waals surface area contributed by atoms with Crippen molar-refractivity contribution in [1.82, 2.24) is 5.32 Å². The highest BCUT2D eigenvalue weighted by Gasteiger charge is 2.10. The molecule has 2 aromatic carbocycles. The minimum Gasteiger partial charge on any atom is -0.353 e. The Bertz CT molecular complexity index is 628. The van der Waals surface area contributed by atoms with E-state index in [0.29, 0.717) is 10.0 Å². The summed E-state index contributed by atoms with van der Waals surface area (Å²) in [5.74, 6) is -0.0233. The first-order chi connectivity index (χ1) is 10.5. The van der Waals surface area contributed by atoms with Crippen molar-refractivity contribution in [2.24, 2.45) is 0 Å². The molecule has 1 atom stereocenters. The average Bonchev–Trinajstić information content (AvgIpc) is 2.49. The van der Waals surface area contributed by atoms with Gasteiger partial charge in [0.2, 0.25) is 5.91 Å². The van der Waals surface area contributed by atoms with Crippen LogP contribution in [0.15, 0.2) is 48.5 Å². The van der Waals surface area contributed by atoms with Crippen molar-refractivity contribution < 1.29 is 4.79 Å². The number of halogens is 2. The summed E-state index contributed by atoms with van der Waals surface area (Å²) in [4.78, 5) is 12.1. The summed E-state index contributed by atoms with van der Waals surface area (Å²) < 4.78 is 0. The van der Waals surface area contributed by atoms with Crippen LogP contribution in [0.1, 0.15) is 24.5 Å². The van der Waals surface area contributed by atoms with E-state index in [1.165, 1.54) is 5.56 Å². The number of amides is 1. The third kappa shape index (κ3) is 5.36. The molecule has 0 aliphatic rings. The van der Waals surface area contributed by atoms with Crippen LogP contribution in [0.25, 0.3) is 0 Å². The predicted octanol–water partition coefficient (Wildman–Crippen LogP) is 4.67. The van der Waals surface area contributed by atoms with Gasteiger partial charge in [-0.3, -0.25) is 4.79 Å². The van der Waals surface area contributed by atoms with E-state index in [4.69, 9.17) is 23.2 Å². The lowest BCUT2D eigenvalue weighted by Gasteiger charge is -2.14. The topological polar surface area (TPSA) is 29.1 Å². The zero-order valence-corrected chi connectivity index (χ0v) is 14.0. The Balaban J connectivity index is 1.81. The summed E-state index contributed by atoms with van der Waals surface area (Å²) in [5, 5.41) is 4.11. The van der Waals surface area contributed by atoms with Crippen molar-refractivity contribution in [2.45, 2.75) is 32.2 Å². The van der Waals surface area contributed by atoms with Crippen LogP contribution in [0.5, 0.6) is 0 Å². The molecule has 1 N–H and O–H groups in total. The fourth-order valence-corrected chi connectivity index (χ4v) is 2.74. The Morgan fingerprint density at radius 3 is 2.55 bits per heavy atom. The van der Waals surface area contributed by atoms with Crippen LogP contribution in [0.2, 0.25) is 10.0 Å². The van der Waals surface area contributed by atoms with Crippen molar-refractivity contribution >= 4 is 29.1 Å². The second kappa shape index (κ2) is 8.21. The van der Waals surface area contributed by atoms with Gasteiger partial charge in [0, 0.05) is 16.1 Å². The van der Waals surface area contributed by atoms with Gasteiger partial charge in [-0.15, -0.1) is 0 Å². The van der Waals surface area contributed by atoms with Gasteiger partial charge in [-0.05, 0) is 43.0 Å². The zero-order chi connectivity index (χ0) is 15.9. The van der Waals surface area contributed by atoms with E-state index in [2.05, 4.69) is 17.4 Å². The molecule has 2 nitrogen and oxygen atoms in total. The molecule has 0 saturated carbocycles. The number of benzene rings is 2. The van der Waals surface area contributed by atoms with Gasteiger partial charge in [-0.1, -0.05) is 59.6 Å². The highest BCUT2D eigenvalue weighted by Crippen LogP contribution is 2.21. The summed E-state index contributed by atoms with van der Waals surface area (Å²) in [6.45, 7) is 2.02. The maximum atomic E-state index is 12.1. The van der Waals surface area contributed by atoms with Gasteiger partial charge >= 0.3 is 0 Å². The normalized spacial score (nSPS) is 12.0. The molecule has 0 aromatic heterocycles. The molecule has 0 bridgehead atoms. The molecule has 1 amide bonds. The minimum atomic E-state index is -0.0233. The molecule has 0 saturated heterocycles.